The second-order valence-electron chi connectivity index (χ2n) is 3.98. The van der Waals surface area contributed by atoms with Crippen LogP contribution in [0.1, 0.15) is 11.3 Å². The molecule has 1 aromatic carbocycles. The second kappa shape index (κ2) is 4.70. The third-order valence-corrected chi connectivity index (χ3v) is 2.72. The number of aromatic nitrogens is 1. The first-order valence-corrected chi connectivity index (χ1v) is 5.40. The highest BCUT2D eigenvalue weighted by molar-refractivity contribution is 5.36. The molecule has 0 aliphatic rings. The number of rotatable bonds is 2. The minimum absolute atomic E-state index is 0.1000. The fourth-order valence-corrected chi connectivity index (χ4v) is 1.74. The van der Waals surface area contributed by atoms with Crippen LogP contribution in [-0.4, -0.2) is 4.57 Å². The van der Waals surface area contributed by atoms with Crippen LogP contribution in [0.4, 0.5) is 8.78 Å². The third-order valence-electron chi connectivity index (χ3n) is 2.72. The summed E-state index contributed by atoms with van der Waals surface area (Å²) in [7, 11) is 0. The molecular formula is C13H12F2N2O. The molecule has 0 unspecified atom stereocenters. The van der Waals surface area contributed by atoms with E-state index in [4.69, 9.17) is 5.73 Å². The Morgan fingerprint density at radius 2 is 1.94 bits per heavy atom. The maximum absolute atomic E-state index is 13.2. The lowest BCUT2D eigenvalue weighted by Gasteiger charge is -2.12. The van der Waals surface area contributed by atoms with E-state index in [1.807, 2.05) is 0 Å². The fourth-order valence-electron chi connectivity index (χ4n) is 1.74. The predicted octanol–water partition coefficient (Wildman–Crippen LogP) is 1.88. The lowest BCUT2D eigenvalue weighted by molar-refractivity contribution is 0.508. The van der Waals surface area contributed by atoms with Gasteiger partial charge in [-0.2, -0.15) is 0 Å². The van der Waals surface area contributed by atoms with Crippen LogP contribution in [0, 0.1) is 18.6 Å². The van der Waals surface area contributed by atoms with E-state index >= 15 is 0 Å². The minimum atomic E-state index is -0.931. The number of nitrogens with two attached hydrogens (primary N) is 1. The molecule has 0 fully saturated rings. The number of hydrogen-bond acceptors (Lipinski definition) is 2. The lowest BCUT2D eigenvalue weighted by atomic mass is 10.2. The van der Waals surface area contributed by atoms with Crippen molar-refractivity contribution >= 4 is 0 Å². The normalized spacial score (nSPS) is 10.7. The molecule has 0 radical (unpaired) electrons. The number of benzene rings is 1. The van der Waals surface area contributed by atoms with Gasteiger partial charge < -0.3 is 10.3 Å². The molecule has 0 bridgehead atoms. The quantitative estimate of drug-likeness (QED) is 0.884. The molecule has 2 rings (SSSR count). The van der Waals surface area contributed by atoms with E-state index in [0.717, 1.165) is 12.1 Å². The second-order valence-corrected chi connectivity index (χ2v) is 3.98. The number of aryl methyl sites for hydroxylation is 1. The number of nitrogens with zero attached hydrogens (tertiary/aromatic N) is 1. The number of pyridine rings is 1. The molecule has 0 saturated heterocycles. The highest BCUT2D eigenvalue weighted by Gasteiger charge is 2.07. The molecular weight excluding hydrogens is 238 g/mol. The Kier molecular flexibility index (Phi) is 3.25. The maximum atomic E-state index is 13.2. The van der Waals surface area contributed by atoms with E-state index in [-0.39, 0.29) is 12.0 Å². The van der Waals surface area contributed by atoms with Crippen molar-refractivity contribution in [2.75, 3.05) is 0 Å². The summed E-state index contributed by atoms with van der Waals surface area (Å²) in [6.07, 6.45) is 1.55. The van der Waals surface area contributed by atoms with E-state index in [2.05, 4.69) is 0 Å². The number of halogens is 2. The Labute approximate surface area is 102 Å². The lowest BCUT2D eigenvalue weighted by Crippen LogP contribution is -2.17. The van der Waals surface area contributed by atoms with Crippen molar-refractivity contribution in [1.82, 2.24) is 4.57 Å². The van der Waals surface area contributed by atoms with Gasteiger partial charge in [0.15, 0.2) is 17.1 Å². The summed E-state index contributed by atoms with van der Waals surface area (Å²) in [6.45, 7) is 1.81. The standard InChI is InChI=1S/C13H12F2N2O/c1-8-4-13(18)9(6-16)7-17(8)10-2-3-11(14)12(15)5-10/h2-5,7H,6,16H2,1H3. The molecule has 94 valence electrons. The SMILES string of the molecule is Cc1cc(=O)c(CN)cn1-c1ccc(F)c(F)c1. The van der Waals surface area contributed by atoms with Gasteiger partial charge in [0.2, 0.25) is 0 Å². The van der Waals surface area contributed by atoms with Crippen LogP contribution >= 0.6 is 0 Å². The van der Waals surface area contributed by atoms with Crippen LogP contribution in [0.15, 0.2) is 35.3 Å². The van der Waals surface area contributed by atoms with Crippen molar-refractivity contribution in [1.29, 1.82) is 0 Å². The Hall–Kier alpha value is -2.01. The molecule has 5 heteroatoms. The molecule has 0 saturated carbocycles. The van der Waals surface area contributed by atoms with Crippen molar-refractivity contribution < 1.29 is 8.78 Å². The van der Waals surface area contributed by atoms with Gasteiger partial charge in [-0.05, 0) is 19.1 Å². The van der Waals surface area contributed by atoms with Crippen LogP contribution in [-0.2, 0) is 6.54 Å². The fraction of sp³-hybridized carbons (Fsp3) is 0.154. The molecule has 1 aromatic heterocycles. The molecule has 0 aliphatic heterocycles. The van der Waals surface area contributed by atoms with Gasteiger partial charge in [0.05, 0.1) is 0 Å². The van der Waals surface area contributed by atoms with Gasteiger partial charge in [-0.3, -0.25) is 4.79 Å². The molecule has 3 nitrogen and oxygen atoms in total. The Morgan fingerprint density at radius 1 is 1.22 bits per heavy atom. The van der Waals surface area contributed by atoms with Crippen LogP contribution in [0.25, 0.3) is 5.69 Å². The highest BCUT2D eigenvalue weighted by Crippen LogP contribution is 2.14. The summed E-state index contributed by atoms with van der Waals surface area (Å²) in [5, 5.41) is 0. The maximum Gasteiger partial charge on any atom is 0.186 e. The first-order valence-electron chi connectivity index (χ1n) is 5.40. The first kappa shape index (κ1) is 12.4. The van der Waals surface area contributed by atoms with Gasteiger partial charge in [0.1, 0.15) is 0 Å². The van der Waals surface area contributed by atoms with E-state index in [1.54, 1.807) is 17.7 Å². The highest BCUT2D eigenvalue weighted by atomic mass is 19.2. The van der Waals surface area contributed by atoms with Crippen molar-refractivity contribution in [2.24, 2.45) is 5.73 Å². The van der Waals surface area contributed by atoms with Gasteiger partial charge in [0.25, 0.3) is 0 Å². The summed E-state index contributed by atoms with van der Waals surface area (Å²) < 4.78 is 27.7. The summed E-state index contributed by atoms with van der Waals surface area (Å²) in [5.41, 5.74) is 6.79. The zero-order valence-corrected chi connectivity index (χ0v) is 9.78. The molecule has 18 heavy (non-hydrogen) atoms. The van der Waals surface area contributed by atoms with Crippen molar-refractivity contribution in [3.63, 3.8) is 0 Å². The van der Waals surface area contributed by atoms with Gasteiger partial charge in [-0.25, -0.2) is 8.78 Å². The molecule has 2 N–H and O–H groups in total. The summed E-state index contributed by atoms with van der Waals surface area (Å²) in [4.78, 5) is 11.5. The summed E-state index contributed by atoms with van der Waals surface area (Å²) in [5.74, 6) is -1.84. The molecule has 0 amide bonds. The van der Waals surface area contributed by atoms with Gasteiger partial charge >= 0.3 is 0 Å². The van der Waals surface area contributed by atoms with E-state index in [0.29, 0.717) is 16.9 Å². The van der Waals surface area contributed by atoms with Crippen molar-refractivity contribution in [3.8, 4) is 5.69 Å². The van der Waals surface area contributed by atoms with Crippen LogP contribution < -0.4 is 11.2 Å². The van der Waals surface area contributed by atoms with Crippen LogP contribution in [0.2, 0.25) is 0 Å². The van der Waals surface area contributed by atoms with Gasteiger partial charge in [-0.1, -0.05) is 0 Å². The van der Waals surface area contributed by atoms with Crippen molar-refractivity contribution in [2.45, 2.75) is 13.5 Å². The average Bonchev–Trinajstić information content (AvgIpc) is 2.33. The zero-order valence-electron chi connectivity index (χ0n) is 9.78. The monoisotopic (exact) mass is 250 g/mol. The molecule has 1 heterocycles. The number of hydrogen-bond donors (Lipinski definition) is 1. The Morgan fingerprint density at radius 3 is 2.56 bits per heavy atom. The molecule has 2 aromatic rings. The molecule has 0 aliphatic carbocycles. The molecule has 0 spiro atoms. The third kappa shape index (κ3) is 2.17. The largest absolute Gasteiger partial charge is 0.326 e. The van der Waals surface area contributed by atoms with Gasteiger partial charge in [-0.15, -0.1) is 0 Å². The van der Waals surface area contributed by atoms with E-state index in [1.165, 1.54) is 12.1 Å². The summed E-state index contributed by atoms with van der Waals surface area (Å²) in [6, 6.07) is 4.98. The first-order chi connectivity index (χ1) is 8.52. The average molecular weight is 250 g/mol. The van der Waals surface area contributed by atoms with Crippen LogP contribution in [0.5, 0.6) is 0 Å². The van der Waals surface area contributed by atoms with Gasteiger partial charge in [0, 0.05) is 41.8 Å². The van der Waals surface area contributed by atoms with E-state index in [9.17, 15) is 13.6 Å². The summed E-state index contributed by atoms with van der Waals surface area (Å²) >= 11 is 0. The molecule has 0 atom stereocenters. The van der Waals surface area contributed by atoms with E-state index < -0.39 is 11.6 Å². The smallest absolute Gasteiger partial charge is 0.186 e. The zero-order chi connectivity index (χ0) is 13.3. The topological polar surface area (TPSA) is 48.0 Å². The Bertz CT molecular complexity index is 650. The minimum Gasteiger partial charge on any atom is -0.326 e. The Balaban J connectivity index is 2.63. The van der Waals surface area contributed by atoms with Crippen molar-refractivity contribution in [3.05, 3.63) is 63.6 Å². The predicted molar refractivity (Wildman–Crippen MR) is 64.6 cm³/mol. The van der Waals surface area contributed by atoms with Crippen LogP contribution in [0.3, 0.4) is 0 Å².